The molecular formula is C19H17N3O4. The highest BCUT2D eigenvalue weighted by molar-refractivity contribution is 5.66. The lowest BCUT2D eigenvalue weighted by molar-refractivity contribution is -0.136. The molecule has 0 fully saturated rings. The van der Waals surface area contributed by atoms with Gasteiger partial charge in [0.1, 0.15) is 18.1 Å². The molecule has 7 heteroatoms. The number of aliphatic carboxylic acids is 1. The molecule has 1 heterocycles. The zero-order valence-corrected chi connectivity index (χ0v) is 13.9. The Hall–Kier alpha value is -3.48. The predicted molar refractivity (Wildman–Crippen MR) is 94.8 cm³/mol. The maximum atomic E-state index is 12.0. The number of hydrogen-bond donors (Lipinski definition) is 2. The van der Waals surface area contributed by atoms with Gasteiger partial charge in [-0.15, -0.1) is 10.2 Å². The summed E-state index contributed by atoms with van der Waals surface area (Å²) in [5, 5.41) is 16.5. The van der Waals surface area contributed by atoms with Crippen LogP contribution >= 0.6 is 0 Å². The number of H-pyrrole nitrogens is 1. The molecule has 0 unspecified atom stereocenters. The van der Waals surface area contributed by atoms with Crippen LogP contribution in [-0.2, 0) is 17.8 Å². The number of rotatable bonds is 7. The van der Waals surface area contributed by atoms with Crippen LogP contribution in [0.1, 0.15) is 17.7 Å². The number of aromatic amines is 1. The topological polar surface area (TPSA) is 105 Å². The molecule has 0 amide bonds. The molecule has 3 aromatic rings. The van der Waals surface area contributed by atoms with Crippen molar-refractivity contribution in [3.63, 3.8) is 0 Å². The molecule has 0 aliphatic rings. The van der Waals surface area contributed by atoms with Crippen molar-refractivity contribution in [3.8, 4) is 17.1 Å². The van der Waals surface area contributed by atoms with Gasteiger partial charge in [-0.2, -0.15) is 0 Å². The second-order valence-corrected chi connectivity index (χ2v) is 5.64. The van der Waals surface area contributed by atoms with Crippen molar-refractivity contribution in [2.75, 3.05) is 0 Å². The van der Waals surface area contributed by atoms with Crippen molar-refractivity contribution >= 4 is 5.97 Å². The van der Waals surface area contributed by atoms with Crippen LogP contribution in [0, 0.1) is 0 Å². The lowest BCUT2D eigenvalue weighted by atomic mass is 10.2. The fourth-order valence-electron chi connectivity index (χ4n) is 2.33. The summed E-state index contributed by atoms with van der Waals surface area (Å²) in [6.07, 6.45) is -0.116. The van der Waals surface area contributed by atoms with E-state index in [0.29, 0.717) is 23.7 Å². The number of carbonyl (C=O) groups is 1. The number of carboxylic acid groups (broad SMARTS) is 1. The lowest BCUT2D eigenvalue weighted by Gasteiger charge is -2.07. The van der Waals surface area contributed by atoms with Gasteiger partial charge in [-0.1, -0.05) is 30.3 Å². The number of aromatic nitrogens is 3. The van der Waals surface area contributed by atoms with Gasteiger partial charge in [-0.3, -0.25) is 9.59 Å². The van der Waals surface area contributed by atoms with E-state index in [-0.39, 0.29) is 18.5 Å². The number of carboxylic acids is 1. The van der Waals surface area contributed by atoms with Crippen LogP contribution in [0.25, 0.3) is 11.4 Å². The molecule has 0 aliphatic heterocycles. The number of nitrogens with zero attached hydrogens (tertiary/aromatic N) is 2. The summed E-state index contributed by atoms with van der Waals surface area (Å²) >= 11 is 0. The molecule has 132 valence electrons. The highest BCUT2D eigenvalue weighted by Crippen LogP contribution is 2.19. The Labute approximate surface area is 149 Å². The first-order valence-electron chi connectivity index (χ1n) is 8.06. The molecule has 2 N–H and O–H groups in total. The van der Waals surface area contributed by atoms with Crippen LogP contribution < -0.4 is 10.3 Å². The lowest BCUT2D eigenvalue weighted by Crippen LogP contribution is -2.18. The summed E-state index contributed by atoms with van der Waals surface area (Å²) in [6, 6.07) is 17.0. The van der Waals surface area contributed by atoms with Gasteiger partial charge in [0.05, 0.1) is 6.42 Å². The van der Waals surface area contributed by atoms with E-state index >= 15 is 0 Å². The highest BCUT2D eigenvalue weighted by Gasteiger charge is 2.09. The third-order valence-corrected chi connectivity index (χ3v) is 3.72. The molecule has 0 radical (unpaired) electrons. The van der Waals surface area contributed by atoms with Gasteiger partial charge in [0.15, 0.2) is 5.82 Å². The fraction of sp³-hybridized carbons (Fsp3) is 0.158. The molecule has 7 nitrogen and oxygen atoms in total. The molecule has 0 saturated carbocycles. The number of ether oxygens (including phenoxy) is 1. The van der Waals surface area contributed by atoms with Gasteiger partial charge in [-0.25, -0.2) is 0 Å². The average Bonchev–Trinajstić information content (AvgIpc) is 2.66. The minimum Gasteiger partial charge on any atom is -0.489 e. The first-order valence-corrected chi connectivity index (χ1v) is 8.06. The van der Waals surface area contributed by atoms with Gasteiger partial charge < -0.3 is 14.8 Å². The molecular weight excluding hydrogens is 334 g/mol. The van der Waals surface area contributed by atoms with Crippen LogP contribution in [-0.4, -0.2) is 26.3 Å². The Morgan fingerprint density at radius 1 is 1.04 bits per heavy atom. The smallest absolute Gasteiger partial charge is 0.303 e. The second kappa shape index (κ2) is 8.06. The van der Waals surface area contributed by atoms with E-state index in [1.165, 1.54) is 0 Å². The van der Waals surface area contributed by atoms with E-state index < -0.39 is 11.5 Å². The van der Waals surface area contributed by atoms with E-state index in [1.807, 2.05) is 30.3 Å². The molecule has 0 saturated heterocycles. The van der Waals surface area contributed by atoms with Crippen molar-refractivity contribution in [1.82, 2.24) is 15.2 Å². The van der Waals surface area contributed by atoms with Gasteiger partial charge in [0.25, 0.3) is 5.56 Å². The summed E-state index contributed by atoms with van der Waals surface area (Å²) < 4.78 is 5.72. The number of aryl methyl sites for hydroxylation is 1. The van der Waals surface area contributed by atoms with Crippen molar-refractivity contribution in [2.45, 2.75) is 19.4 Å². The van der Waals surface area contributed by atoms with E-state index in [2.05, 4.69) is 15.2 Å². The molecule has 26 heavy (non-hydrogen) atoms. The van der Waals surface area contributed by atoms with Gasteiger partial charge >= 0.3 is 5.97 Å². The van der Waals surface area contributed by atoms with Crippen LogP contribution in [0.15, 0.2) is 59.4 Å². The SMILES string of the molecule is O=C(O)CCc1nnc(-c2ccc(OCc3ccccc3)cc2)[nH]c1=O. The monoisotopic (exact) mass is 351 g/mol. The average molecular weight is 351 g/mol. The Morgan fingerprint density at radius 3 is 2.42 bits per heavy atom. The maximum Gasteiger partial charge on any atom is 0.303 e. The van der Waals surface area contributed by atoms with Crippen LogP contribution in [0.5, 0.6) is 5.75 Å². The number of nitrogens with one attached hydrogen (secondary N) is 1. The van der Waals surface area contributed by atoms with Crippen molar-refractivity contribution in [3.05, 3.63) is 76.2 Å². The van der Waals surface area contributed by atoms with E-state index in [1.54, 1.807) is 24.3 Å². The van der Waals surface area contributed by atoms with Gasteiger partial charge in [0, 0.05) is 12.0 Å². The van der Waals surface area contributed by atoms with Crippen molar-refractivity contribution in [1.29, 1.82) is 0 Å². The predicted octanol–water partition coefficient (Wildman–Crippen LogP) is 2.43. The van der Waals surface area contributed by atoms with E-state index in [9.17, 15) is 9.59 Å². The summed E-state index contributed by atoms with van der Waals surface area (Å²) in [5.74, 6) is 0.0380. The number of hydrogen-bond acceptors (Lipinski definition) is 5. The summed E-state index contributed by atoms with van der Waals surface area (Å²) in [7, 11) is 0. The van der Waals surface area contributed by atoms with Gasteiger partial charge in [0.2, 0.25) is 0 Å². The molecule has 0 aliphatic carbocycles. The Morgan fingerprint density at radius 2 is 1.77 bits per heavy atom. The zero-order chi connectivity index (χ0) is 18.4. The first-order chi connectivity index (χ1) is 12.6. The minimum absolute atomic E-state index is 0.0458. The molecule has 0 atom stereocenters. The molecule has 0 bridgehead atoms. The highest BCUT2D eigenvalue weighted by atomic mass is 16.5. The molecule has 0 spiro atoms. The summed E-state index contributed by atoms with van der Waals surface area (Å²) in [5.41, 5.74) is 1.44. The Kier molecular flexibility index (Phi) is 5.38. The molecule has 3 rings (SSSR count). The first kappa shape index (κ1) is 17.3. The molecule has 1 aromatic heterocycles. The standard InChI is InChI=1S/C19H17N3O4/c23-17(24)11-10-16-19(25)20-18(22-21-16)14-6-8-15(9-7-14)26-12-13-4-2-1-3-5-13/h1-9H,10-12H2,(H,23,24)(H,20,22,25). The van der Waals surface area contributed by atoms with Crippen LogP contribution in [0.3, 0.4) is 0 Å². The zero-order valence-electron chi connectivity index (χ0n) is 13.9. The van der Waals surface area contributed by atoms with Crippen molar-refractivity contribution in [2.24, 2.45) is 0 Å². The van der Waals surface area contributed by atoms with E-state index in [4.69, 9.17) is 9.84 Å². The van der Waals surface area contributed by atoms with Gasteiger partial charge in [-0.05, 0) is 29.8 Å². The summed E-state index contributed by atoms with van der Waals surface area (Å²) in [6.45, 7) is 0.467. The summed E-state index contributed by atoms with van der Waals surface area (Å²) in [4.78, 5) is 25.2. The van der Waals surface area contributed by atoms with Crippen molar-refractivity contribution < 1.29 is 14.6 Å². The normalized spacial score (nSPS) is 10.5. The second-order valence-electron chi connectivity index (χ2n) is 5.64. The Balaban J connectivity index is 1.67. The third-order valence-electron chi connectivity index (χ3n) is 3.72. The minimum atomic E-state index is -0.985. The molecule has 2 aromatic carbocycles. The van der Waals surface area contributed by atoms with Crippen LogP contribution in [0.2, 0.25) is 0 Å². The third kappa shape index (κ3) is 4.54. The number of benzene rings is 2. The largest absolute Gasteiger partial charge is 0.489 e. The fourth-order valence-corrected chi connectivity index (χ4v) is 2.33. The Bertz CT molecular complexity index is 937. The van der Waals surface area contributed by atoms with E-state index in [0.717, 1.165) is 5.56 Å². The maximum absolute atomic E-state index is 12.0. The quantitative estimate of drug-likeness (QED) is 0.677. The van der Waals surface area contributed by atoms with Crippen LogP contribution in [0.4, 0.5) is 0 Å².